The number of piperazine rings is 1. The molecule has 0 amide bonds. The monoisotopic (exact) mass is 294 g/mol. The molecule has 1 aromatic rings. The third kappa shape index (κ3) is 3.41. The molecular formula is C14H22N4O3. The first-order valence-corrected chi connectivity index (χ1v) is 7.20. The highest BCUT2D eigenvalue weighted by Crippen LogP contribution is 2.25. The van der Waals surface area contributed by atoms with Crippen LogP contribution >= 0.6 is 0 Å². The van der Waals surface area contributed by atoms with E-state index in [-0.39, 0.29) is 0 Å². The molecule has 7 heteroatoms. The van der Waals surface area contributed by atoms with Gasteiger partial charge >= 0.3 is 5.97 Å². The smallest absolute Gasteiger partial charge is 0.320 e. The van der Waals surface area contributed by atoms with E-state index in [1.165, 1.54) is 6.33 Å². The molecule has 2 rings (SSSR count). The van der Waals surface area contributed by atoms with Crippen molar-refractivity contribution in [3.63, 3.8) is 0 Å². The van der Waals surface area contributed by atoms with Gasteiger partial charge in [0.25, 0.3) is 0 Å². The van der Waals surface area contributed by atoms with Crippen LogP contribution in [-0.4, -0.2) is 64.8 Å². The van der Waals surface area contributed by atoms with Crippen molar-refractivity contribution in [1.29, 1.82) is 0 Å². The predicted octanol–water partition coefficient (Wildman–Crippen LogP) is 0.779. The van der Waals surface area contributed by atoms with Gasteiger partial charge in [-0.3, -0.25) is 9.69 Å². The quantitative estimate of drug-likeness (QED) is 0.859. The number of carboxylic acid groups (broad SMARTS) is 1. The molecule has 0 aliphatic carbocycles. The number of rotatable bonds is 5. The van der Waals surface area contributed by atoms with Gasteiger partial charge in [-0.25, -0.2) is 9.97 Å². The Morgan fingerprint density at radius 3 is 2.62 bits per heavy atom. The van der Waals surface area contributed by atoms with Gasteiger partial charge < -0.3 is 14.7 Å². The molecular weight excluding hydrogens is 272 g/mol. The van der Waals surface area contributed by atoms with Crippen molar-refractivity contribution in [1.82, 2.24) is 14.9 Å². The van der Waals surface area contributed by atoms with E-state index in [0.717, 1.165) is 24.5 Å². The van der Waals surface area contributed by atoms with Crippen molar-refractivity contribution in [3.8, 4) is 5.88 Å². The molecule has 1 atom stereocenters. The minimum absolute atomic E-state index is 0.447. The summed E-state index contributed by atoms with van der Waals surface area (Å²) in [4.78, 5) is 23.6. The van der Waals surface area contributed by atoms with Crippen LogP contribution in [0, 0.1) is 6.92 Å². The summed E-state index contributed by atoms with van der Waals surface area (Å²) in [7, 11) is 0. The molecule has 1 aliphatic rings. The molecule has 2 heterocycles. The lowest BCUT2D eigenvalue weighted by atomic mass is 10.2. The lowest BCUT2D eigenvalue weighted by Crippen LogP contribution is -2.52. The molecule has 0 saturated carbocycles. The topological polar surface area (TPSA) is 78.8 Å². The Labute approximate surface area is 124 Å². The van der Waals surface area contributed by atoms with Gasteiger partial charge in [0.2, 0.25) is 5.88 Å². The molecule has 1 N–H and O–H groups in total. The number of anilines is 1. The molecule has 1 aliphatic heterocycles. The maximum atomic E-state index is 11.0. The summed E-state index contributed by atoms with van der Waals surface area (Å²) in [6, 6.07) is -0.447. The molecule has 0 aromatic carbocycles. The third-order valence-corrected chi connectivity index (χ3v) is 3.81. The fourth-order valence-electron chi connectivity index (χ4n) is 2.50. The van der Waals surface area contributed by atoms with Crippen LogP contribution in [0.2, 0.25) is 0 Å². The van der Waals surface area contributed by atoms with Gasteiger partial charge in [0.1, 0.15) is 18.2 Å². The van der Waals surface area contributed by atoms with E-state index in [4.69, 9.17) is 9.84 Å². The van der Waals surface area contributed by atoms with Gasteiger partial charge in [0.15, 0.2) is 0 Å². The minimum Gasteiger partial charge on any atom is -0.480 e. The first-order chi connectivity index (χ1) is 10.0. The van der Waals surface area contributed by atoms with Crippen LogP contribution in [0.15, 0.2) is 6.33 Å². The van der Waals surface area contributed by atoms with Crippen LogP contribution in [-0.2, 0) is 4.79 Å². The average molecular weight is 294 g/mol. The third-order valence-electron chi connectivity index (χ3n) is 3.81. The zero-order valence-corrected chi connectivity index (χ0v) is 12.7. The second kappa shape index (κ2) is 6.71. The number of aliphatic carboxylic acids is 1. The van der Waals surface area contributed by atoms with Crippen molar-refractivity contribution < 1.29 is 14.6 Å². The Balaban J connectivity index is 2.05. The molecule has 1 saturated heterocycles. The first-order valence-electron chi connectivity index (χ1n) is 7.20. The van der Waals surface area contributed by atoms with Crippen LogP contribution < -0.4 is 9.64 Å². The molecule has 1 aromatic heterocycles. The number of carbonyl (C=O) groups is 1. The fraction of sp³-hybridized carbons (Fsp3) is 0.643. The number of ether oxygens (including phenoxy) is 1. The Hall–Kier alpha value is -1.89. The summed E-state index contributed by atoms with van der Waals surface area (Å²) in [6.07, 6.45) is 1.51. The van der Waals surface area contributed by atoms with E-state index in [0.29, 0.717) is 25.6 Å². The lowest BCUT2D eigenvalue weighted by molar-refractivity contribution is -0.142. The minimum atomic E-state index is -0.778. The van der Waals surface area contributed by atoms with E-state index >= 15 is 0 Å². The van der Waals surface area contributed by atoms with E-state index < -0.39 is 12.0 Å². The van der Waals surface area contributed by atoms with Crippen molar-refractivity contribution in [2.45, 2.75) is 26.8 Å². The number of hydrogen-bond acceptors (Lipinski definition) is 6. The van der Waals surface area contributed by atoms with E-state index in [9.17, 15) is 4.79 Å². The summed E-state index contributed by atoms with van der Waals surface area (Å²) in [6.45, 7) is 9.09. The highest BCUT2D eigenvalue weighted by molar-refractivity contribution is 5.72. The molecule has 7 nitrogen and oxygen atoms in total. The maximum absolute atomic E-state index is 11.0. The summed E-state index contributed by atoms with van der Waals surface area (Å²) in [5, 5.41) is 9.06. The second-order valence-corrected chi connectivity index (χ2v) is 5.10. The Morgan fingerprint density at radius 2 is 2.05 bits per heavy atom. The number of carboxylic acids is 1. The van der Waals surface area contributed by atoms with Crippen molar-refractivity contribution in [3.05, 3.63) is 11.9 Å². The van der Waals surface area contributed by atoms with Crippen LogP contribution in [0.25, 0.3) is 0 Å². The summed E-state index contributed by atoms with van der Waals surface area (Å²) >= 11 is 0. The van der Waals surface area contributed by atoms with Gasteiger partial charge in [-0.15, -0.1) is 0 Å². The van der Waals surface area contributed by atoms with E-state index in [2.05, 4.69) is 14.9 Å². The van der Waals surface area contributed by atoms with Gasteiger partial charge in [-0.2, -0.15) is 0 Å². The Morgan fingerprint density at radius 1 is 1.38 bits per heavy atom. The number of hydrogen-bond donors (Lipinski definition) is 1. The molecule has 0 bridgehead atoms. The molecule has 116 valence electrons. The largest absolute Gasteiger partial charge is 0.480 e. The maximum Gasteiger partial charge on any atom is 0.320 e. The molecule has 0 spiro atoms. The zero-order valence-electron chi connectivity index (χ0n) is 12.7. The van der Waals surface area contributed by atoms with Crippen molar-refractivity contribution in [2.24, 2.45) is 0 Å². The van der Waals surface area contributed by atoms with Gasteiger partial charge in [-0.1, -0.05) is 0 Å². The van der Waals surface area contributed by atoms with Crippen LogP contribution in [0.3, 0.4) is 0 Å². The second-order valence-electron chi connectivity index (χ2n) is 5.10. The van der Waals surface area contributed by atoms with E-state index in [1.807, 2.05) is 18.7 Å². The molecule has 0 radical (unpaired) electrons. The van der Waals surface area contributed by atoms with Gasteiger partial charge in [0.05, 0.1) is 12.2 Å². The fourth-order valence-corrected chi connectivity index (χ4v) is 2.50. The van der Waals surface area contributed by atoms with Gasteiger partial charge in [-0.05, 0) is 20.8 Å². The highest BCUT2D eigenvalue weighted by atomic mass is 16.5. The summed E-state index contributed by atoms with van der Waals surface area (Å²) in [5.41, 5.74) is 0.930. The van der Waals surface area contributed by atoms with Crippen molar-refractivity contribution in [2.75, 3.05) is 37.7 Å². The lowest BCUT2D eigenvalue weighted by Gasteiger charge is -2.37. The van der Waals surface area contributed by atoms with Gasteiger partial charge in [0, 0.05) is 26.2 Å². The summed E-state index contributed by atoms with van der Waals surface area (Å²) < 4.78 is 5.49. The molecule has 21 heavy (non-hydrogen) atoms. The number of aromatic nitrogens is 2. The highest BCUT2D eigenvalue weighted by Gasteiger charge is 2.26. The van der Waals surface area contributed by atoms with Crippen LogP contribution in [0.4, 0.5) is 5.82 Å². The van der Waals surface area contributed by atoms with Crippen LogP contribution in [0.5, 0.6) is 5.88 Å². The van der Waals surface area contributed by atoms with Crippen molar-refractivity contribution >= 4 is 11.8 Å². The predicted molar refractivity (Wildman–Crippen MR) is 78.8 cm³/mol. The van der Waals surface area contributed by atoms with Crippen LogP contribution in [0.1, 0.15) is 19.4 Å². The van der Waals surface area contributed by atoms with E-state index in [1.54, 1.807) is 6.92 Å². The molecule has 1 fully saturated rings. The standard InChI is InChI=1S/C14H22N4O3/c1-4-21-13-10(2)12(15-9-16-13)18-7-5-17(6-8-18)11(3)14(19)20/h9,11H,4-8H2,1-3H3,(H,19,20). The number of nitrogens with zero attached hydrogens (tertiary/aromatic N) is 4. The Kier molecular flexibility index (Phi) is 4.95. The average Bonchev–Trinajstić information content (AvgIpc) is 2.49. The Bertz CT molecular complexity index is 501. The normalized spacial score (nSPS) is 17.6. The summed E-state index contributed by atoms with van der Waals surface area (Å²) in [5.74, 6) is 0.709. The zero-order chi connectivity index (χ0) is 15.4. The SMILES string of the molecule is CCOc1ncnc(N2CCN(C(C)C(=O)O)CC2)c1C. The first kappa shape index (κ1) is 15.5. The molecule has 1 unspecified atom stereocenters.